The summed E-state index contributed by atoms with van der Waals surface area (Å²) >= 11 is 0. The molecule has 140 valence electrons. The highest BCUT2D eigenvalue weighted by Crippen LogP contribution is 2.29. The molecule has 9 nitrogen and oxygen atoms in total. The summed E-state index contributed by atoms with van der Waals surface area (Å²) in [6, 6.07) is 7.71. The number of benzene rings is 1. The number of carbonyl (C=O) groups excluding carboxylic acids is 1. The van der Waals surface area contributed by atoms with Crippen molar-refractivity contribution in [2.75, 3.05) is 27.8 Å². The van der Waals surface area contributed by atoms with E-state index in [1.807, 2.05) is 0 Å². The van der Waals surface area contributed by atoms with Crippen LogP contribution >= 0.6 is 0 Å². The van der Waals surface area contributed by atoms with Crippen molar-refractivity contribution in [1.82, 2.24) is 9.73 Å². The summed E-state index contributed by atoms with van der Waals surface area (Å²) in [5.41, 5.74) is 2.24. The lowest BCUT2D eigenvalue weighted by Gasteiger charge is -2.18. The molecule has 1 aromatic carbocycles. The van der Waals surface area contributed by atoms with Crippen molar-refractivity contribution in [3.05, 3.63) is 42.4 Å². The van der Waals surface area contributed by atoms with Gasteiger partial charge in [-0.2, -0.15) is 9.41 Å². The van der Waals surface area contributed by atoms with Gasteiger partial charge in [-0.05, 0) is 24.3 Å². The maximum Gasteiger partial charge on any atom is 0.255 e. The van der Waals surface area contributed by atoms with Crippen LogP contribution in [0.4, 0.5) is 0 Å². The van der Waals surface area contributed by atoms with Crippen molar-refractivity contribution >= 4 is 22.1 Å². The van der Waals surface area contributed by atoms with Crippen molar-refractivity contribution in [3.8, 4) is 11.5 Å². The number of sulfonamides is 1. The van der Waals surface area contributed by atoms with E-state index in [1.165, 1.54) is 45.9 Å². The summed E-state index contributed by atoms with van der Waals surface area (Å²) in [5.74, 6) is 0.340. The Morgan fingerprint density at radius 1 is 1.31 bits per heavy atom. The molecule has 1 heterocycles. The summed E-state index contributed by atoms with van der Waals surface area (Å²) in [5, 5.41) is 3.70. The third-order valence-corrected chi connectivity index (χ3v) is 5.17. The predicted molar refractivity (Wildman–Crippen MR) is 93.8 cm³/mol. The van der Waals surface area contributed by atoms with Gasteiger partial charge in [0.1, 0.15) is 22.2 Å². The number of hydrazone groups is 1. The summed E-state index contributed by atoms with van der Waals surface area (Å²) in [6.45, 7) is -0.432. The Hall–Kier alpha value is -2.85. The number of nitrogens with zero attached hydrogens (tertiary/aromatic N) is 2. The van der Waals surface area contributed by atoms with E-state index >= 15 is 0 Å². The van der Waals surface area contributed by atoms with E-state index in [-0.39, 0.29) is 10.6 Å². The van der Waals surface area contributed by atoms with Crippen LogP contribution in [-0.4, -0.2) is 52.7 Å². The first-order valence-corrected chi connectivity index (χ1v) is 8.86. The van der Waals surface area contributed by atoms with Crippen molar-refractivity contribution in [2.24, 2.45) is 5.10 Å². The zero-order valence-corrected chi connectivity index (χ0v) is 15.3. The van der Waals surface area contributed by atoms with Crippen LogP contribution in [0.25, 0.3) is 0 Å². The van der Waals surface area contributed by atoms with E-state index in [4.69, 9.17) is 13.9 Å². The second-order valence-electron chi connectivity index (χ2n) is 5.09. The third kappa shape index (κ3) is 4.61. The van der Waals surface area contributed by atoms with Gasteiger partial charge >= 0.3 is 0 Å². The molecule has 0 spiro atoms. The van der Waals surface area contributed by atoms with Gasteiger partial charge in [-0.3, -0.25) is 4.79 Å². The van der Waals surface area contributed by atoms with Gasteiger partial charge in [0.05, 0.1) is 33.2 Å². The lowest BCUT2D eigenvalue weighted by Crippen LogP contribution is -2.36. The van der Waals surface area contributed by atoms with Crippen LogP contribution in [-0.2, 0) is 14.8 Å². The number of nitrogens with one attached hydrogen (secondary N) is 1. The summed E-state index contributed by atoms with van der Waals surface area (Å²) in [6.07, 6.45) is 2.77. The second kappa shape index (κ2) is 8.50. The number of methoxy groups -OCH3 is 2. The van der Waals surface area contributed by atoms with Crippen molar-refractivity contribution in [2.45, 2.75) is 4.90 Å². The molecule has 0 saturated carbocycles. The number of amides is 1. The first-order valence-electron chi connectivity index (χ1n) is 7.42. The molecule has 0 bridgehead atoms. The van der Waals surface area contributed by atoms with Crippen LogP contribution in [0.2, 0.25) is 0 Å². The maximum atomic E-state index is 12.7. The third-order valence-electron chi connectivity index (χ3n) is 3.35. The molecular weight excluding hydrogens is 362 g/mol. The first kappa shape index (κ1) is 19.5. The highest BCUT2D eigenvalue weighted by Gasteiger charge is 2.27. The molecule has 0 atom stereocenters. The number of ether oxygens (including phenoxy) is 2. The average molecular weight is 381 g/mol. The lowest BCUT2D eigenvalue weighted by atomic mass is 10.3. The van der Waals surface area contributed by atoms with E-state index in [9.17, 15) is 13.2 Å². The molecule has 1 amide bonds. The fourth-order valence-electron chi connectivity index (χ4n) is 2.01. The molecule has 0 unspecified atom stereocenters. The standard InChI is InChI=1S/C16H19N3O6S/c1-19(11-16(20)18-17-10-13-5-4-8-25-13)26(21,22)15-9-12(23-2)6-7-14(15)24-3/h4-10H,11H2,1-3H3,(H,18,20)/b17-10-. The molecule has 2 rings (SSSR count). The Kier molecular flexibility index (Phi) is 6.36. The minimum Gasteiger partial charge on any atom is -0.497 e. The molecule has 26 heavy (non-hydrogen) atoms. The van der Waals surface area contributed by atoms with Gasteiger partial charge in [-0.25, -0.2) is 13.8 Å². The minimum atomic E-state index is -3.98. The summed E-state index contributed by atoms with van der Waals surface area (Å²) in [4.78, 5) is 11.8. The number of rotatable bonds is 8. The molecule has 0 radical (unpaired) electrons. The largest absolute Gasteiger partial charge is 0.497 e. The van der Waals surface area contributed by atoms with Crippen molar-refractivity contribution in [1.29, 1.82) is 0 Å². The van der Waals surface area contributed by atoms with Gasteiger partial charge in [0.25, 0.3) is 5.91 Å². The quantitative estimate of drug-likeness (QED) is 0.541. The van der Waals surface area contributed by atoms with E-state index in [0.717, 1.165) is 4.31 Å². The Balaban J connectivity index is 2.10. The number of furan rings is 1. The topological polar surface area (TPSA) is 110 Å². The fourth-order valence-corrected chi connectivity index (χ4v) is 3.30. The highest BCUT2D eigenvalue weighted by atomic mass is 32.2. The molecule has 0 fully saturated rings. The number of likely N-dealkylation sites (N-methyl/N-ethyl adjacent to an activating group) is 1. The average Bonchev–Trinajstić information content (AvgIpc) is 3.14. The molecule has 0 aliphatic carbocycles. The minimum absolute atomic E-state index is 0.103. The summed E-state index contributed by atoms with van der Waals surface area (Å²) in [7, 11) is 0.0823. The second-order valence-corrected chi connectivity index (χ2v) is 7.10. The van der Waals surface area contributed by atoms with E-state index < -0.39 is 22.5 Å². The molecule has 1 N–H and O–H groups in total. The zero-order valence-electron chi connectivity index (χ0n) is 14.5. The SMILES string of the molecule is COc1ccc(OC)c(S(=O)(=O)N(C)CC(=O)N/N=C\c2ccco2)c1. The van der Waals surface area contributed by atoms with E-state index in [1.54, 1.807) is 18.2 Å². The number of hydrogen-bond donors (Lipinski definition) is 1. The van der Waals surface area contributed by atoms with E-state index in [0.29, 0.717) is 11.5 Å². The Morgan fingerprint density at radius 3 is 2.69 bits per heavy atom. The molecule has 2 aromatic rings. The monoisotopic (exact) mass is 381 g/mol. The van der Waals surface area contributed by atoms with Crippen molar-refractivity contribution in [3.63, 3.8) is 0 Å². The highest BCUT2D eigenvalue weighted by molar-refractivity contribution is 7.89. The predicted octanol–water partition coefficient (Wildman–Crippen LogP) is 1.07. The van der Waals surface area contributed by atoms with Gasteiger partial charge < -0.3 is 13.9 Å². The van der Waals surface area contributed by atoms with Crippen LogP contribution < -0.4 is 14.9 Å². The Labute approximate surface area is 151 Å². The normalized spacial score (nSPS) is 11.7. The number of carbonyl (C=O) groups is 1. The fraction of sp³-hybridized carbons (Fsp3) is 0.250. The zero-order chi connectivity index (χ0) is 19.2. The lowest BCUT2D eigenvalue weighted by molar-refractivity contribution is -0.121. The maximum absolute atomic E-state index is 12.7. The molecule has 0 aliphatic heterocycles. The van der Waals surface area contributed by atoms with Gasteiger partial charge in [0.15, 0.2) is 0 Å². The van der Waals surface area contributed by atoms with Crippen molar-refractivity contribution < 1.29 is 27.1 Å². The molecule has 1 aromatic heterocycles. The van der Waals surface area contributed by atoms with E-state index in [2.05, 4.69) is 10.5 Å². The smallest absolute Gasteiger partial charge is 0.255 e. The van der Waals surface area contributed by atoms with Gasteiger partial charge in [0, 0.05) is 13.1 Å². The number of hydrogen-bond acceptors (Lipinski definition) is 7. The van der Waals surface area contributed by atoms with Crippen LogP contribution in [0, 0.1) is 0 Å². The van der Waals surface area contributed by atoms with Gasteiger partial charge in [0.2, 0.25) is 10.0 Å². The molecule has 0 aliphatic rings. The molecule has 0 saturated heterocycles. The molecular formula is C16H19N3O6S. The van der Waals surface area contributed by atoms with Gasteiger partial charge in [-0.15, -0.1) is 0 Å². The van der Waals surface area contributed by atoms with Crippen LogP contribution in [0.1, 0.15) is 5.76 Å². The van der Waals surface area contributed by atoms with Gasteiger partial charge in [-0.1, -0.05) is 0 Å². The Bertz CT molecular complexity index is 877. The first-order chi connectivity index (χ1) is 12.4. The molecule has 10 heteroatoms. The summed E-state index contributed by atoms with van der Waals surface area (Å²) < 4.78 is 41.5. The van der Waals surface area contributed by atoms with Crippen LogP contribution in [0.5, 0.6) is 11.5 Å². The Morgan fingerprint density at radius 2 is 2.08 bits per heavy atom. The van der Waals surface area contributed by atoms with Crippen LogP contribution in [0.3, 0.4) is 0 Å². The van der Waals surface area contributed by atoms with Crippen LogP contribution in [0.15, 0.2) is 51.0 Å².